The van der Waals surface area contributed by atoms with Gasteiger partial charge in [0.05, 0.1) is 19.8 Å². The van der Waals surface area contributed by atoms with E-state index < -0.39 is 0 Å². The minimum atomic E-state index is -0.0107. The van der Waals surface area contributed by atoms with Crippen molar-refractivity contribution in [1.82, 2.24) is 20.4 Å². The molecule has 1 aliphatic heterocycles. The topological polar surface area (TPSA) is 69.2 Å². The molecule has 0 atom stereocenters. The Morgan fingerprint density at radius 2 is 1.80 bits per heavy atom. The SMILES string of the molecule is CCNC(=NCC(C)(C)N1CCOCC1)NCCC(=O)N(CC)CC. The number of rotatable bonds is 9. The first-order valence-electron chi connectivity index (χ1n) is 9.57. The lowest BCUT2D eigenvalue weighted by Gasteiger charge is -2.39. The number of carbonyl (C=O) groups excluding carboxylic acids is 1. The van der Waals surface area contributed by atoms with Crippen molar-refractivity contribution in [2.24, 2.45) is 4.99 Å². The largest absolute Gasteiger partial charge is 0.379 e. The van der Waals surface area contributed by atoms with Crippen LogP contribution in [-0.2, 0) is 9.53 Å². The van der Waals surface area contributed by atoms with Crippen molar-refractivity contribution in [1.29, 1.82) is 0 Å². The summed E-state index contributed by atoms with van der Waals surface area (Å²) >= 11 is 0. The van der Waals surface area contributed by atoms with Crippen LogP contribution in [0.2, 0.25) is 0 Å². The van der Waals surface area contributed by atoms with Gasteiger partial charge in [-0.15, -0.1) is 0 Å². The molecule has 1 rings (SSSR count). The molecule has 0 bridgehead atoms. The number of guanidine groups is 1. The molecule has 0 saturated carbocycles. The zero-order valence-corrected chi connectivity index (χ0v) is 16.7. The smallest absolute Gasteiger partial charge is 0.224 e. The van der Waals surface area contributed by atoms with Crippen molar-refractivity contribution in [3.05, 3.63) is 0 Å². The van der Waals surface area contributed by atoms with Crippen LogP contribution in [0.25, 0.3) is 0 Å². The molecule has 1 amide bonds. The molecule has 1 heterocycles. The highest BCUT2D eigenvalue weighted by Gasteiger charge is 2.28. The molecule has 25 heavy (non-hydrogen) atoms. The standard InChI is InChI=1S/C18H37N5O2/c1-6-19-17(20-10-9-16(24)22(7-2)8-3)21-15-18(4,5)23-11-13-25-14-12-23/h6-15H2,1-5H3,(H2,19,20,21). The number of amides is 1. The lowest BCUT2D eigenvalue weighted by atomic mass is 10.0. The third kappa shape index (κ3) is 7.61. The highest BCUT2D eigenvalue weighted by atomic mass is 16.5. The first-order valence-corrected chi connectivity index (χ1v) is 9.57. The maximum atomic E-state index is 12.1. The Kier molecular flexibility index (Phi) is 9.82. The first-order chi connectivity index (χ1) is 11.9. The Bertz CT molecular complexity index is 416. The highest BCUT2D eigenvalue weighted by molar-refractivity contribution is 5.81. The van der Waals surface area contributed by atoms with Gasteiger partial charge in [0.25, 0.3) is 0 Å². The van der Waals surface area contributed by atoms with E-state index in [1.165, 1.54) is 0 Å². The number of nitrogens with one attached hydrogen (secondary N) is 2. The van der Waals surface area contributed by atoms with E-state index in [4.69, 9.17) is 9.73 Å². The van der Waals surface area contributed by atoms with Crippen molar-refractivity contribution in [3.8, 4) is 0 Å². The summed E-state index contributed by atoms with van der Waals surface area (Å²) in [6.45, 7) is 17.6. The van der Waals surface area contributed by atoms with Gasteiger partial charge < -0.3 is 20.3 Å². The van der Waals surface area contributed by atoms with Gasteiger partial charge in [0.1, 0.15) is 0 Å². The molecule has 146 valence electrons. The molecule has 7 nitrogen and oxygen atoms in total. The molecule has 0 spiro atoms. The van der Waals surface area contributed by atoms with Crippen LogP contribution >= 0.6 is 0 Å². The average molecular weight is 356 g/mol. The summed E-state index contributed by atoms with van der Waals surface area (Å²) in [5.74, 6) is 0.957. The van der Waals surface area contributed by atoms with Crippen LogP contribution in [0.5, 0.6) is 0 Å². The minimum Gasteiger partial charge on any atom is -0.379 e. The summed E-state index contributed by atoms with van der Waals surface area (Å²) in [4.78, 5) is 21.1. The summed E-state index contributed by atoms with van der Waals surface area (Å²) in [6, 6.07) is 0. The molecular formula is C18H37N5O2. The molecule has 0 aromatic heterocycles. The zero-order valence-electron chi connectivity index (χ0n) is 16.7. The van der Waals surface area contributed by atoms with Crippen LogP contribution in [0.3, 0.4) is 0 Å². The Morgan fingerprint density at radius 1 is 1.16 bits per heavy atom. The van der Waals surface area contributed by atoms with Crippen molar-refractivity contribution in [2.45, 2.75) is 46.6 Å². The number of aliphatic imine (C=N–C) groups is 1. The Balaban J connectivity index is 2.51. The fourth-order valence-corrected chi connectivity index (χ4v) is 2.91. The second-order valence-corrected chi connectivity index (χ2v) is 6.85. The number of carbonyl (C=O) groups is 1. The third-order valence-electron chi connectivity index (χ3n) is 4.58. The Morgan fingerprint density at radius 3 is 2.36 bits per heavy atom. The van der Waals surface area contributed by atoms with Gasteiger partial charge in [-0.25, -0.2) is 0 Å². The lowest BCUT2D eigenvalue weighted by Crippen LogP contribution is -2.52. The van der Waals surface area contributed by atoms with E-state index in [1.54, 1.807) is 0 Å². The highest BCUT2D eigenvalue weighted by Crippen LogP contribution is 2.16. The second-order valence-electron chi connectivity index (χ2n) is 6.85. The monoisotopic (exact) mass is 355 g/mol. The quantitative estimate of drug-likeness (QED) is 0.475. The summed E-state index contributed by atoms with van der Waals surface area (Å²) in [7, 11) is 0. The maximum Gasteiger partial charge on any atom is 0.224 e. The average Bonchev–Trinajstić information content (AvgIpc) is 2.61. The molecule has 2 N–H and O–H groups in total. The van der Waals surface area contributed by atoms with E-state index in [9.17, 15) is 4.79 Å². The molecule has 0 aromatic carbocycles. The van der Waals surface area contributed by atoms with Gasteiger partial charge in [0.2, 0.25) is 5.91 Å². The zero-order chi connectivity index (χ0) is 18.7. The Labute approximate surface area is 153 Å². The minimum absolute atomic E-state index is 0.0107. The maximum absolute atomic E-state index is 12.1. The predicted molar refractivity (Wildman–Crippen MR) is 103 cm³/mol. The van der Waals surface area contributed by atoms with E-state index in [0.29, 0.717) is 19.5 Å². The van der Waals surface area contributed by atoms with Crippen molar-refractivity contribution in [2.75, 3.05) is 59.0 Å². The van der Waals surface area contributed by atoms with Crippen LogP contribution in [0.1, 0.15) is 41.0 Å². The van der Waals surface area contributed by atoms with Crippen LogP contribution in [0.15, 0.2) is 4.99 Å². The van der Waals surface area contributed by atoms with Crippen LogP contribution < -0.4 is 10.6 Å². The van der Waals surface area contributed by atoms with E-state index >= 15 is 0 Å². The van der Waals surface area contributed by atoms with E-state index in [1.807, 2.05) is 25.7 Å². The van der Waals surface area contributed by atoms with Gasteiger partial charge in [-0.1, -0.05) is 0 Å². The molecule has 1 saturated heterocycles. The van der Waals surface area contributed by atoms with Gasteiger partial charge in [-0.3, -0.25) is 14.7 Å². The fraction of sp³-hybridized carbons (Fsp3) is 0.889. The van der Waals surface area contributed by atoms with Gasteiger partial charge in [-0.2, -0.15) is 0 Å². The van der Waals surface area contributed by atoms with Gasteiger partial charge in [0.15, 0.2) is 5.96 Å². The number of hydrogen-bond donors (Lipinski definition) is 2. The molecule has 0 aromatic rings. The Hall–Kier alpha value is -1.34. The number of morpholine rings is 1. The van der Waals surface area contributed by atoms with Crippen molar-refractivity contribution >= 4 is 11.9 Å². The normalized spacial score (nSPS) is 16.6. The third-order valence-corrected chi connectivity index (χ3v) is 4.58. The van der Waals surface area contributed by atoms with Gasteiger partial charge in [-0.05, 0) is 34.6 Å². The van der Waals surface area contributed by atoms with E-state index in [0.717, 1.165) is 51.9 Å². The summed E-state index contributed by atoms with van der Waals surface area (Å²) in [5, 5.41) is 6.54. The second kappa shape index (κ2) is 11.3. The van der Waals surface area contributed by atoms with Crippen LogP contribution in [0.4, 0.5) is 0 Å². The van der Waals surface area contributed by atoms with Crippen molar-refractivity contribution < 1.29 is 9.53 Å². The van der Waals surface area contributed by atoms with E-state index in [-0.39, 0.29) is 11.4 Å². The lowest BCUT2D eigenvalue weighted by molar-refractivity contribution is -0.130. The summed E-state index contributed by atoms with van der Waals surface area (Å²) in [6.07, 6.45) is 0.485. The predicted octanol–water partition coefficient (Wildman–Crippen LogP) is 0.911. The summed E-state index contributed by atoms with van der Waals surface area (Å²) < 4.78 is 5.43. The molecule has 1 fully saturated rings. The van der Waals surface area contributed by atoms with Gasteiger partial charge in [0, 0.05) is 51.2 Å². The molecular weight excluding hydrogens is 318 g/mol. The number of nitrogens with zero attached hydrogens (tertiary/aromatic N) is 3. The molecule has 0 unspecified atom stereocenters. The van der Waals surface area contributed by atoms with Crippen molar-refractivity contribution in [3.63, 3.8) is 0 Å². The van der Waals surface area contributed by atoms with Gasteiger partial charge >= 0.3 is 0 Å². The number of ether oxygens (including phenoxy) is 1. The molecule has 1 aliphatic rings. The van der Waals surface area contributed by atoms with E-state index in [2.05, 4.69) is 29.4 Å². The number of hydrogen-bond acceptors (Lipinski definition) is 4. The molecule has 7 heteroatoms. The fourth-order valence-electron chi connectivity index (χ4n) is 2.91. The van der Waals surface area contributed by atoms with Crippen LogP contribution in [0, 0.1) is 0 Å². The first kappa shape index (κ1) is 21.7. The molecule has 0 aliphatic carbocycles. The molecule has 0 radical (unpaired) electrons. The van der Waals surface area contributed by atoms with Crippen LogP contribution in [-0.4, -0.2) is 86.2 Å². The summed E-state index contributed by atoms with van der Waals surface area (Å²) in [5.41, 5.74) is -0.0107.